The zero-order valence-corrected chi connectivity index (χ0v) is 13.6. The molecule has 25 heavy (non-hydrogen) atoms. The van der Waals surface area contributed by atoms with Gasteiger partial charge in [0.15, 0.2) is 11.5 Å². The zero-order valence-electron chi connectivity index (χ0n) is 13.6. The Morgan fingerprint density at radius 1 is 1.28 bits per heavy atom. The second kappa shape index (κ2) is 6.31. The van der Waals surface area contributed by atoms with Crippen LogP contribution in [0.2, 0.25) is 0 Å². The highest BCUT2D eigenvalue weighted by Gasteiger charge is 2.17. The minimum Gasteiger partial charge on any atom is -0.454 e. The number of aromatic nitrogens is 3. The van der Waals surface area contributed by atoms with Crippen molar-refractivity contribution in [3.8, 4) is 23.0 Å². The van der Waals surface area contributed by atoms with Crippen LogP contribution in [0.4, 0.5) is 0 Å². The quantitative estimate of drug-likeness (QED) is 0.766. The van der Waals surface area contributed by atoms with Crippen molar-refractivity contribution in [2.45, 2.75) is 20.0 Å². The highest BCUT2D eigenvalue weighted by atomic mass is 16.7. The molecule has 8 heteroatoms. The molecular formula is C17H16N4O4. The molecule has 3 aromatic rings. The maximum absolute atomic E-state index is 12.3. The SMILES string of the molecule is CCn1cccc1-c1noc(CNC(=O)c2ccc3c(c2)OCO3)n1. The van der Waals surface area contributed by atoms with Gasteiger partial charge in [-0.3, -0.25) is 4.79 Å². The lowest BCUT2D eigenvalue weighted by Crippen LogP contribution is -2.22. The Morgan fingerprint density at radius 2 is 2.16 bits per heavy atom. The average molecular weight is 340 g/mol. The van der Waals surface area contributed by atoms with Crippen molar-refractivity contribution in [3.05, 3.63) is 48.0 Å². The summed E-state index contributed by atoms with van der Waals surface area (Å²) in [7, 11) is 0. The molecule has 0 saturated heterocycles. The van der Waals surface area contributed by atoms with E-state index in [1.54, 1.807) is 18.2 Å². The van der Waals surface area contributed by atoms with Crippen LogP contribution in [0.5, 0.6) is 11.5 Å². The Labute approximate surface area is 143 Å². The van der Waals surface area contributed by atoms with Crippen LogP contribution in [0.15, 0.2) is 41.1 Å². The molecule has 8 nitrogen and oxygen atoms in total. The first-order valence-electron chi connectivity index (χ1n) is 7.90. The first-order valence-corrected chi connectivity index (χ1v) is 7.90. The first kappa shape index (κ1) is 15.3. The number of benzene rings is 1. The second-order valence-electron chi connectivity index (χ2n) is 5.44. The molecule has 2 aromatic heterocycles. The summed E-state index contributed by atoms with van der Waals surface area (Å²) in [5, 5.41) is 6.73. The van der Waals surface area contributed by atoms with Gasteiger partial charge in [-0.15, -0.1) is 0 Å². The molecule has 1 amide bonds. The van der Waals surface area contributed by atoms with E-state index < -0.39 is 0 Å². The summed E-state index contributed by atoms with van der Waals surface area (Å²) in [5.74, 6) is 1.78. The van der Waals surface area contributed by atoms with Crippen molar-refractivity contribution in [2.24, 2.45) is 0 Å². The van der Waals surface area contributed by atoms with Crippen LogP contribution in [0.1, 0.15) is 23.2 Å². The number of carbonyl (C=O) groups excluding carboxylic acids is 1. The van der Waals surface area contributed by atoms with Crippen LogP contribution in [-0.4, -0.2) is 27.4 Å². The summed E-state index contributed by atoms with van der Waals surface area (Å²) in [5.41, 5.74) is 1.35. The van der Waals surface area contributed by atoms with Crippen molar-refractivity contribution in [3.63, 3.8) is 0 Å². The van der Waals surface area contributed by atoms with Crippen LogP contribution in [-0.2, 0) is 13.1 Å². The van der Waals surface area contributed by atoms with Gasteiger partial charge in [0.1, 0.15) is 0 Å². The molecule has 3 heterocycles. The maximum atomic E-state index is 12.3. The van der Waals surface area contributed by atoms with Crippen LogP contribution in [0, 0.1) is 0 Å². The van der Waals surface area contributed by atoms with Gasteiger partial charge in [-0.1, -0.05) is 5.16 Å². The average Bonchev–Trinajstić information content (AvgIpc) is 3.38. The number of aryl methyl sites for hydroxylation is 1. The van der Waals surface area contributed by atoms with Crippen molar-refractivity contribution in [2.75, 3.05) is 6.79 Å². The number of hydrogen-bond acceptors (Lipinski definition) is 6. The largest absolute Gasteiger partial charge is 0.454 e. The summed E-state index contributed by atoms with van der Waals surface area (Å²) in [6.45, 7) is 3.17. The normalized spacial score (nSPS) is 12.4. The molecule has 4 rings (SSSR count). The van der Waals surface area contributed by atoms with Crippen LogP contribution < -0.4 is 14.8 Å². The predicted molar refractivity (Wildman–Crippen MR) is 87.1 cm³/mol. The van der Waals surface area contributed by atoms with E-state index in [4.69, 9.17) is 14.0 Å². The predicted octanol–water partition coefficient (Wildman–Crippen LogP) is 2.22. The van der Waals surface area contributed by atoms with Gasteiger partial charge in [0.2, 0.25) is 18.5 Å². The molecule has 0 fully saturated rings. The maximum Gasteiger partial charge on any atom is 0.251 e. The Hall–Kier alpha value is -3.29. The number of rotatable bonds is 5. The fourth-order valence-electron chi connectivity index (χ4n) is 2.62. The second-order valence-corrected chi connectivity index (χ2v) is 5.44. The van der Waals surface area contributed by atoms with Crippen LogP contribution in [0.25, 0.3) is 11.5 Å². The number of ether oxygens (including phenoxy) is 2. The molecule has 128 valence electrons. The summed E-state index contributed by atoms with van der Waals surface area (Å²) < 4.78 is 17.7. The van der Waals surface area contributed by atoms with Gasteiger partial charge >= 0.3 is 0 Å². The molecule has 0 aliphatic carbocycles. The van der Waals surface area contributed by atoms with Crippen molar-refractivity contribution in [1.82, 2.24) is 20.0 Å². The Kier molecular flexibility index (Phi) is 3.85. The van der Waals surface area contributed by atoms with Crippen molar-refractivity contribution < 1.29 is 18.8 Å². The van der Waals surface area contributed by atoms with E-state index in [0.717, 1.165) is 12.2 Å². The minimum atomic E-state index is -0.255. The van der Waals surface area contributed by atoms with Crippen LogP contribution in [0.3, 0.4) is 0 Å². The Morgan fingerprint density at radius 3 is 3.04 bits per heavy atom. The highest BCUT2D eigenvalue weighted by molar-refractivity contribution is 5.94. The van der Waals surface area contributed by atoms with Gasteiger partial charge in [0.25, 0.3) is 5.91 Å². The van der Waals surface area contributed by atoms with Gasteiger partial charge in [0, 0.05) is 18.3 Å². The lowest BCUT2D eigenvalue weighted by atomic mass is 10.2. The summed E-state index contributed by atoms with van der Waals surface area (Å²) in [6.07, 6.45) is 1.95. The van der Waals surface area contributed by atoms with Crippen LogP contribution >= 0.6 is 0 Å². The van der Waals surface area contributed by atoms with Gasteiger partial charge in [-0.2, -0.15) is 4.98 Å². The summed E-state index contributed by atoms with van der Waals surface area (Å²) >= 11 is 0. The van der Waals surface area contributed by atoms with E-state index in [9.17, 15) is 4.79 Å². The molecule has 1 aromatic carbocycles. The number of hydrogen-bond donors (Lipinski definition) is 1. The zero-order chi connectivity index (χ0) is 17.2. The van der Waals surface area contributed by atoms with Crippen molar-refractivity contribution in [1.29, 1.82) is 0 Å². The number of nitrogens with zero attached hydrogens (tertiary/aromatic N) is 3. The molecule has 1 N–H and O–H groups in total. The molecule has 0 radical (unpaired) electrons. The van der Waals surface area contributed by atoms with E-state index in [1.807, 2.05) is 29.8 Å². The minimum absolute atomic E-state index is 0.146. The molecule has 0 atom stereocenters. The standard InChI is InChI=1S/C17H16N4O4/c1-2-21-7-3-4-12(21)16-19-15(25-20-16)9-18-17(22)11-5-6-13-14(8-11)24-10-23-13/h3-8H,2,9-10H2,1H3,(H,18,22). The van der Waals surface area contributed by atoms with Gasteiger partial charge in [-0.25, -0.2) is 0 Å². The molecule has 0 saturated carbocycles. The van der Waals surface area contributed by atoms with Crippen molar-refractivity contribution >= 4 is 5.91 Å². The molecule has 0 bridgehead atoms. The molecular weight excluding hydrogens is 324 g/mol. The van der Waals surface area contributed by atoms with E-state index in [1.165, 1.54) is 0 Å². The smallest absolute Gasteiger partial charge is 0.251 e. The van der Waals surface area contributed by atoms with E-state index in [-0.39, 0.29) is 19.2 Å². The van der Waals surface area contributed by atoms with Gasteiger partial charge in [-0.05, 0) is 37.3 Å². The van der Waals surface area contributed by atoms with E-state index in [0.29, 0.717) is 28.8 Å². The van der Waals surface area contributed by atoms with Gasteiger partial charge < -0.3 is 23.9 Å². The molecule has 0 unspecified atom stereocenters. The third-order valence-electron chi connectivity index (χ3n) is 3.90. The molecule has 1 aliphatic heterocycles. The lowest BCUT2D eigenvalue weighted by molar-refractivity contribution is 0.0946. The lowest BCUT2D eigenvalue weighted by Gasteiger charge is -2.03. The molecule has 0 spiro atoms. The summed E-state index contributed by atoms with van der Waals surface area (Å²) in [4.78, 5) is 16.6. The topological polar surface area (TPSA) is 91.4 Å². The fourth-order valence-corrected chi connectivity index (χ4v) is 2.62. The number of nitrogens with one attached hydrogen (secondary N) is 1. The highest BCUT2D eigenvalue weighted by Crippen LogP contribution is 2.32. The molecule has 1 aliphatic rings. The number of carbonyl (C=O) groups is 1. The fraction of sp³-hybridized carbons (Fsp3) is 0.235. The van der Waals surface area contributed by atoms with E-state index in [2.05, 4.69) is 15.5 Å². The summed E-state index contributed by atoms with van der Waals surface area (Å²) in [6, 6.07) is 8.88. The Bertz CT molecular complexity index is 915. The van der Waals surface area contributed by atoms with Gasteiger partial charge in [0.05, 0.1) is 12.2 Å². The third kappa shape index (κ3) is 2.93. The monoisotopic (exact) mass is 340 g/mol. The Balaban J connectivity index is 1.42. The number of amides is 1. The first-order chi connectivity index (χ1) is 12.2. The van der Waals surface area contributed by atoms with E-state index >= 15 is 0 Å². The number of fused-ring (bicyclic) bond motifs is 1. The third-order valence-corrected chi connectivity index (χ3v) is 3.90.